The van der Waals surface area contributed by atoms with Crippen LogP contribution < -0.4 is 10.2 Å². The molecule has 1 rings (SSSR count). The first-order chi connectivity index (χ1) is 11.6. The van der Waals surface area contributed by atoms with E-state index >= 15 is 0 Å². The van der Waals surface area contributed by atoms with Crippen molar-refractivity contribution in [3.8, 4) is 0 Å². The molecular formula is C18H34Cl2CoN2P2. The molecule has 0 saturated heterocycles. The van der Waals surface area contributed by atoms with Gasteiger partial charge in [0.1, 0.15) is 0 Å². The third-order valence-corrected chi connectivity index (χ3v) is 9.09. The van der Waals surface area contributed by atoms with Gasteiger partial charge < -0.3 is 10.2 Å². The molecule has 2 nitrogen and oxygen atoms in total. The van der Waals surface area contributed by atoms with Gasteiger partial charge in [0.25, 0.3) is 0 Å². The number of anilines is 2. The summed E-state index contributed by atoms with van der Waals surface area (Å²) in [7, 11) is 9.10. The van der Waals surface area contributed by atoms with Crippen LogP contribution >= 0.6 is 36.4 Å². The minimum absolute atomic E-state index is 0.185. The van der Waals surface area contributed by atoms with Crippen LogP contribution in [0.4, 0.5) is 11.4 Å². The fourth-order valence-corrected chi connectivity index (χ4v) is 6.96. The molecule has 0 saturated carbocycles. The second-order valence-corrected chi connectivity index (χ2v) is 15.0. The normalized spacial score (nSPS) is 11.7. The van der Waals surface area contributed by atoms with E-state index in [0.717, 1.165) is 0 Å². The summed E-state index contributed by atoms with van der Waals surface area (Å²) in [6.45, 7) is 18.5. The van der Waals surface area contributed by atoms with Gasteiger partial charge in [0.05, 0.1) is 0 Å². The Morgan fingerprint density at radius 2 is 1.00 bits per heavy atom. The summed E-state index contributed by atoms with van der Waals surface area (Å²) in [5, 5.41) is 7.56. The van der Waals surface area contributed by atoms with E-state index in [4.69, 9.17) is 20.3 Å². The van der Waals surface area contributed by atoms with E-state index in [0.29, 0.717) is 35.5 Å². The molecule has 0 bridgehead atoms. The van der Waals surface area contributed by atoms with Crippen molar-refractivity contribution in [1.82, 2.24) is 0 Å². The van der Waals surface area contributed by atoms with Crippen molar-refractivity contribution in [3.05, 3.63) is 24.3 Å². The average Bonchev–Trinajstić information content (AvgIpc) is 2.50. The van der Waals surface area contributed by atoms with Gasteiger partial charge in [-0.15, -0.1) is 0 Å². The van der Waals surface area contributed by atoms with Crippen LogP contribution in [-0.4, -0.2) is 22.6 Å². The van der Waals surface area contributed by atoms with E-state index < -0.39 is 0 Å². The van der Waals surface area contributed by atoms with Crippen molar-refractivity contribution in [1.29, 1.82) is 0 Å². The zero-order chi connectivity index (χ0) is 19.6. The van der Waals surface area contributed by atoms with Crippen LogP contribution in [0.2, 0.25) is 0 Å². The Morgan fingerprint density at radius 1 is 0.720 bits per heavy atom. The second kappa shape index (κ2) is 13.9. The molecule has 25 heavy (non-hydrogen) atoms. The molecular weight excluding hydrogens is 436 g/mol. The Labute approximate surface area is 172 Å². The molecule has 1 aromatic rings. The van der Waals surface area contributed by atoms with Crippen LogP contribution in [0.1, 0.15) is 55.4 Å². The topological polar surface area (TPSA) is 24.1 Å². The molecule has 0 radical (unpaired) electrons. The molecule has 0 fully saturated rings. The fourth-order valence-electron chi connectivity index (χ4n) is 2.67. The summed E-state index contributed by atoms with van der Waals surface area (Å²) in [5.74, 6) is 0. The molecule has 0 heterocycles. The van der Waals surface area contributed by atoms with Crippen molar-refractivity contribution in [2.75, 3.05) is 10.2 Å². The van der Waals surface area contributed by atoms with Crippen LogP contribution in [0.25, 0.3) is 0 Å². The first-order valence-electron chi connectivity index (χ1n) is 8.67. The molecule has 0 aromatic heterocycles. The monoisotopic (exact) mass is 469 g/mol. The Morgan fingerprint density at radius 3 is 1.24 bits per heavy atom. The van der Waals surface area contributed by atoms with Gasteiger partial charge >= 0.3 is 33.2 Å². The van der Waals surface area contributed by atoms with Crippen molar-refractivity contribution in [2.45, 2.75) is 78.0 Å². The Hall–Kier alpha value is 0.766. The quantitative estimate of drug-likeness (QED) is 0.374. The summed E-state index contributed by atoms with van der Waals surface area (Å²) >= 11 is 0.382. The van der Waals surface area contributed by atoms with Gasteiger partial charge in [-0.2, -0.15) is 0 Å². The first kappa shape index (κ1) is 25.8. The van der Waals surface area contributed by atoms with Crippen LogP contribution in [0.15, 0.2) is 24.3 Å². The summed E-state index contributed by atoms with van der Waals surface area (Å²) in [4.78, 5) is 0. The number of rotatable bonds is 8. The predicted octanol–water partition coefficient (Wildman–Crippen LogP) is 8.31. The van der Waals surface area contributed by atoms with Gasteiger partial charge in [0, 0.05) is 11.4 Å². The summed E-state index contributed by atoms with van der Waals surface area (Å²) < 4.78 is 0. The molecule has 7 heteroatoms. The van der Waals surface area contributed by atoms with Gasteiger partial charge in [0.2, 0.25) is 0 Å². The molecule has 0 amide bonds. The average molecular weight is 470 g/mol. The molecule has 0 atom stereocenters. The second-order valence-electron chi connectivity index (χ2n) is 7.04. The Kier molecular flexibility index (Phi) is 14.3. The van der Waals surface area contributed by atoms with E-state index in [1.165, 1.54) is 11.4 Å². The summed E-state index contributed by atoms with van der Waals surface area (Å²) in [6.07, 6.45) is 0. The molecule has 0 unspecified atom stereocenters. The van der Waals surface area contributed by atoms with Crippen molar-refractivity contribution < 1.29 is 12.9 Å². The minimum atomic E-state index is -0.185. The van der Waals surface area contributed by atoms with E-state index in [9.17, 15) is 0 Å². The van der Waals surface area contributed by atoms with Crippen LogP contribution in [-0.2, 0) is 12.9 Å². The third kappa shape index (κ3) is 10.6. The number of hydrogen-bond donors (Lipinski definition) is 2. The maximum absolute atomic E-state index is 4.73. The molecule has 149 valence electrons. The van der Waals surface area contributed by atoms with Crippen molar-refractivity contribution in [2.24, 2.45) is 0 Å². The van der Waals surface area contributed by atoms with Gasteiger partial charge in [0.15, 0.2) is 0 Å². The zero-order valence-corrected chi connectivity index (χ0v) is 20.9. The zero-order valence-electron chi connectivity index (χ0n) is 16.6. The molecule has 0 aliphatic rings. The van der Waals surface area contributed by atoms with Crippen LogP contribution in [0.5, 0.6) is 0 Å². The van der Waals surface area contributed by atoms with Gasteiger partial charge in [-0.05, 0) is 57.0 Å². The molecule has 0 aliphatic heterocycles. The molecule has 0 spiro atoms. The number of nitrogens with one attached hydrogen (secondary N) is 2. The SMILES string of the molecule is CC(C)P(Nc1cccc(NP(C(C)C)C(C)C)c1)C(C)C.[Cl][Co][Cl]. The van der Waals surface area contributed by atoms with Gasteiger partial charge in [-0.25, -0.2) is 0 Å². The standard InChI is InChI=1S/C18H34N2P2.2ClH.Co/c1-13(2)21(14(3)4)19-17-10-9-11-18(12-17)20-22(15(5)6)16(7)8;;;/h9-16,19-20H,1-8H3;2*1H;/q;;;+2/p-2. The van der Waals surface area contributed by atoms with E-state index in [2.05, 4.69) is 89.8 Å². The summed E-state index contributed by atoms with van der Waals surface area (Å²) in [5.41, 5.74) is 5.26. The summed E-state index contributed by atoms with van der Waals surface area (Å²) in [6, 6.07) is 8.82. The Bertz CT molecular complexity index is 421. The van der Waals surface area contributed by atoms with Gasteiger partial charge in [-0.1, -0.05) is 61.5 Å². The number of halogens is 2. The first-order valence-corrected chi connectivity index (χ1v) is 14.5. The molecule has 0 aliphatic carbocycles. The maximum atomic E-state index is 4.73. The van der Waals surface area contributed by atoms with Crippen LogP contribution in [0, 0.1) is 0 Å². The number of benzene rings is 1. The third-order valence-electron chi connectivity index (χ3n) is 3.60. The molecule has 1 aromatic carbocycles. The fraction of sp³-hybridized carbons (Fsp3) is 0.667. The van der Waals surface area contributed by atoms with E-state index in [1.54, 1.807) is 0 Å². The van der Waals surface area contributed by atoms with Gasteiger partial charge in [-0.3, -0.25) is 0 Å². The Balaban J connectivity index is 0.00000178. The van der Waals surface area contributed by atoms with Crippen molar-refractivity contribution >= 4 is 47.8 Å². The molecule has 2 N–H and O–H groups in total. The van der Waals surface area contributed by atoms with E-state index in [1.807, 2.05) is 0 Å². The van der Waals surface area contributed by atoms with E-state index in [-0.39, 0.29) is 16.1 Å². The predicted molar refractivity (Wildman–Crippen MR) is 120 cm³/mol. The number of hydrogen-bond acceptors (Lipinski definition) is 2. The van der Waals surface area contributed by atoms with Crippen LogP contribution in [0.3, 0.4) is 0 Å². The van der Waals surface area contributed by atoms with Crippen molar-refractivity contribution in [3.63, 3.8) is 0 Å².